The van der Waals surface area contributed by atoms with Gasteiger partial charge in [-0.05, 0) is 110 Å². The Hall–Kier alpha value is -9.97. The van der Waals surface area contributed by atoms with Crippen molar-refractivity contribution in [2.75, 3.05) is 0 Å². The predicted molar refractivity (Wildman–Crippen MR) is 307 cm³/mol. The highest BCUT2D eigenvalue weighted by atomic mass is 15.2. The SMILES string of the molecule is c1ccc(-c2cccc(-c3ccc(-c4nc(-c5ccccc5)nc(-n5c6ccc(-c7cccc(-c8ccccc8)c7)cc6c6ccc7c(c8cc(-c9ccccc9)ccc8n7-c7ccccc7)c65)n4)cc3)c2)cc1. The first-order chi connectivity index (χ1) is 36.7. The van der Waals surface area contributed by atoms with Crippen molar-refractivity contribution in [3.8, 4) is 90.0 Å². The fourth-order valence-electron chi connectivity index (χ4n) is 10.8. The molecular formula is C69H45N5. The summed E-state index contributed by atoms with van der Waals surface area (Å²) in [5, 5.41) is 4.47. The Morgan fingerprint density at radius 2 is 0.595 bits per heavy atom. The molecule has 11 aromatic carbocycles. The Kier molecular flexibility index (Phi) is 10.4. The Balaban J connectivity index is 1.03. The van der Waals surface area contributed by atoms with Gasteiger partial charge in [0.05, 0.1) is 22.1 Å². The average molecular weight is 944 g/mol. The Bertz CT molecular complexity index is 4370. The zero-order valence-electron chi connectivity index (χ0n) is 40.2. The molecule has 0 aliphatic rings. The molecule has 0 unspecified atom stereocenters. The van der Waals surface area contributed by atoms with Gasteiger partial charge in [-0.1, -0.05) is 218 Å². The van der Waals surface area contributed by atoms with Gasteiger partial charge in [0.2, 0.25) is 5.95 Å². The smallest absolute Gasteiger partial charge is 0.238 e. The maximum absolute atomic E-state index is 5.50. The lowest BCUT2D eigenvalue weighted by Crippen LogP contribution is -2.06. The summed E-state index contributed by atoms with van der Waals surface area (Å²) in [6.07, 6.45) is 0. The van der Waals surface area contributed by atoms with Crippen molar-refractivity contribution >= 4 is 43.6 Å². The van der Waals surface area contributed by atoms with Gasteiger partial charge in [0, 0.05) is 38.4 Å². The lowest BCUT2D eigenvalue weighted by molar-refractivity contribution is 0.955. The second-order valence-corrected chi connectivity index (χ2v) is 18.8. The van der Waals surface area contributed by atoms with E-state index in [4.69, 9.17) is 15.0 Å². The van der Waals surface area contributed by atoms with Crippen LogP contribution in [0.25, 0.3) is 134 Å². The molecule has 3 aromatic heterocycles. The molecule has 14 aromatic rings. The van der Waals surface area contributed by atoms with Gasteiger partial charge in [-0.2, -0.15) is 9.97 Å². The highest BCUT2D eigenvalue weighted by Crippen LogP contribution is 2.44. The van der Waals surface area contributed by atoms with E-state index in [1.807, 2.05) is 18.2 Å². The van der Waals surface area contributed by atoms with Crippen LogP contribution in [0.1, 0.15) is 0 Å². The number of hydrogen-bond acceptors (Lipinski definition) is 3. The van der Waals surface area contributed by atoms with Gasteiger partial charge in [-0.25, -0.2) is 4.98 Å². The molecule has 5 nitrogen and oxygen atoms in total. The molecule has 0 saturated heterocycles. The molecule has 0 saturated carbocycles. The number of para-hydroxylation sites is 1. The van der Waals surface area contributed by atoms with Crippen molar-refractivity contribution in [3.63, 3.8) is 0 Å². The van der Waals surface area contributed by atoms with Gasteiger partial charge in [0.15, 0.2) is 11.6 Å². The van der Waals surface area contributed by atoms with E-state index in [9.17, 15) is 0 Å². The summed E-state index contributed by atoms with van der Waals surface area (Å²) < 4.78 is 4.69. The quantitative estimate of drug-likeness (QED) is 0.145. The van der Waals surface area contributed by atoms with Crippen LogP contribution in [0.3, 0.4) is 0 Å². The Morgan fingerprint density at radius 3 is 1.14 bits per heavy atom. The first-order valence-corrected chi connectivity index (χ1v) is 25.1. The van der Waals surface area contributed by atoms with Crippen molar-refractivity contribution < 1.29 is 0 Å². The molecular weight excluding hydrogens is 899 g/mol. The lowest BCUT2D eigenvalue weighted by atomic mass is 9.98. The van der Waals surface area contributed by atoms with Gasteiger partial charge in [0.1, 0.15) is 0 Å². The van der Waals surface area contributed by atoms with E-state index in [-0.39, 0.29) is 0 Å². The van der Waals surface area contributed by atoms with Crippen LogP contribution in [-0.4, -0.2) is 24.1 Å². The molecule has 0 bridgehead atoms. The number of rotatable bonds is 9. The minimum atomic E-state index is 0.541. The molecule has 0 aliphatic heterocycles. The molecule has 14 rings (SSSR count). The largest absolute Gasteiger partial charge is 0.309 e. The minimum Gasteiger partial charge on any atom is -0.309 e. The van der Waals surface area contributed by atoms with Gasteiger partial charge < -0.3 is 4.57 Å². The van der Waals surface area contributed by atoms with E-state index in [0.29, 0.717) is 17.6 Å². The monoisotopic (exact) mass is 943 g/mol. The molecule has 0 atom stereocenters. The minimum absolute atomic E-state index is 0.541. The van der Waals surface area contributed by atoms with E-state index in [1.165, 1.54) is 22.3 Å². The predicted octanol–water partition coefficient (Wildman–Crippen LogP) is 17.7. The fraction of sp³-hybridized carbons (Fsp3) is 0. The van der Waals surface area contributed by atoms with Crippen molar-refractivity contribution in [3.05, 3.63) is 273 Å². The van der Waals surface area contributed by atoms with Crippen LogP contribution in [-0.2, 0) is 0 Å². The van der Waals surface area contributed by atoms with Gasteiger partial charge in [-0.3, -0.25) is 4.57 Å². The summed E-state index contributed by atoms with van der Waals surface area (Å²) >= 11 is 0. The third kappa shape index (κ3) is 7.54. The summed E-state index contributed by atoms with van der Waals surface area (Å²) in [5.41, 5.74) is 18.7. The second-order valence-electron chi connectivity index (χ2n) is 18.8. The molecule has 0 fully saturated rings. The molecule has 74 heavy (non-hydrogen) atoms. The molecule has 0 radical (unpaired) electrons. The number of hydrogen-bond donors (Lipinski definition) is 0. The van der Waals surface area contributed by atoms with Gasteiger partial charge >= 0.3 is 0 Å². The van der Waals surface area contributed by atoms with Gasteiger partial charge in [-0.15, -0.1) is 0 Å². The third-order valence-corrected chi connectivity index (χ3v) is 14.4. The molecule has 3 heterocycles. The molecule has 0 aliphatic carbocycles. The molecule has 5 heteroatoms. The number of aromatic nitrogens is 5. The summed E-state index contributed by atoms with van der Waals surface area (Å²) in [7, 11) is 0. The fourth-order valence-corrected chi connectivity index (χ4v) is 10.8. The van der Waals surface area contributed by atoms with Crippen molar-refractivity contribution in [1.82, 2.24) is 24.1 Å². The molecule has 0 N–H and O–H groups in total. The van der Waals surface area contributed by atoms with E-state index in [2.05, 4.69) is 264 Å². The number of benzene rings is 11. The van der Waals surface area contributed by atoms with Crippen molar-refractivity contribution in [2.24, 2.45) is 0 Å². The van der Waals surface area contributed by atoms with Gasteiger partial charge in [0.25, 0.3) is 0 Å². The summed E-state index contributed by atoms with van der Waals surface area (Å²) in [6, 6.07) is 97.2. The van der Waals surface area contributed by atoms with Crippen LogP contribution in [0.2, 0.25) is 0 Å². The molecule has 0 amide bonds. The highest BCUT2D eigenvalue weighted by Gasteiger charge is 2.24. The first kappa shape index (κ1) is 42.9. The standard InChI is InChI=1S/C69H45N5/c1-6-18-46(19-7-1)52-26-16-28-54(42-52)49-32-34-51(35-33-49)68-70-67(50-24-12-4-13-25-50)71-69(72-68)74-62-39-37-57(55-29-17-27-53(43-55)47-20-8-2-9-21-47)44-60(62)59-38-41-64-65(66(59)74)61-45-56(48-22-10-3-11-23-48)36-40-63(61)73(64)58-30-14-5-15-31-58/h1-45H. The van der Waals surface area contributed by atoms with E-state index in [0.717, 1.165) is 93.8 Å². The van der Waals surface area contributed by atoms with Crippen molar-refractivity contribution in [1.29, 1.82) is 0 Å². The zero-order valence-corrected chi connectivity index (χ0v) is 40.2. The van der Waals surface area contributed by atoms with Crippen LogP contribution in [0.4, 0.5) is 0 Å². The van der Waals surface area contributed by atoms with E-state index in [1.54, 1.807) is 0 Å². The van der Waals surface area contributed by atoms with Crippen LogP contribution in [0, 0.1) is 0 Å². The topological polar surface area (TPSA) is 48.5 Å². The highest BCUT2D eigenvalue weighted by molar-refractivity contribution is 6.26. The Labute approximate surface area is 428 Å². The van der Waals surface area contributed by atoms with E-state index < -0.39 is 0 Å². The lowest BCUT2D eigenvalue weighted by Gasteiger charge is -2.12. The number of nitrogens with zero attached hydrogens (tertiary/aromatic N) is 5. The first-order valence-electron chi connectivity index (χ1n) is 25.1. The summed E-state index contributed by atoms with van der Waals surface area (Å²) in [4.78, 5) is 16.2. The second kappa shape index (κ2) is 18.0. The van der Waals surface area contributed by atoms with E-state index >= 15 is 0 Å². The van der Waals surface area contributed by atoms with Crippen LogP contribution in [0.5, 0.6) is 0 Å². The van der Waals surface area contributed by atoms with Crippen LogP contribution in [0.15, 0.2) is 273 Å². The zero-order chi connectivity index (χ0) is 49.0. The normalized spacial score (nSPS) is 11.5. The molecule has 346 valence electrons. The number of fused-ring (bicyclic) bond motifs is 7. The van der Waals surface area contributed by atoms with Crippen LogP contribution < -0.4 is 0 Å². The molecule has 0 spiro atoms. The maximum atomic E-state index is 5.50. The van der Waals surface area contributed by atoms with Crippen LogP contribution >= 0.6 is 0 Å². The van der Waals surface area contributed by atoms with Crippen molar-refractivity contribution in [2.45, 2.75) is 0 Å². The maximum Gasteiger partial charge on any atom is 0.238 e. The summed E-state index contributed by atoms with van der Waals surface area (Å²) in [6.45, 7) is 0. The third-order valence-electron chi connectivity index (χ3n) is 14.4. The average Bonchev–Trinajstić information content (AvgIpc) is 4.01. The Morgan fingerprint density at radius 1 is 0.230 bits per heavy atom. The summed E-state index contributed by atoms with van der Waals surface area (Å²) in [5.74, 6) is 1.73.